The minimum Gasteiger partial charge on any atom is -0.289 e. The standard InChI is InChI=1S/C18H20N6O2S/c1-11-12(8-23(2)22-11)7-20-21-15(25)9-24-10-19-17-16(18(24)26)13-5-3-4-6-14(13)27-17/h7-8,10H,3-6,9H2,1-2H3,(H,21,25)/b20-7-. The van der Waals surface area contributed by atoms with Crippen LogP contribution in [0.2, 0.25) is 0 Å². The lowest BCUT2D eigenvalue weighted by atomic mass is 9.97. The zero-order valence-corrected chi connectivity index (χ0v) is 16.0. The lowest BCUT2D eigenvalue weighted by Gasteiger charge is -2.10. The maximum Gasteiger partial charge on any atom is 0.262 e. The molecule has 0 aromatic carbocycles. The number of fused-ring (bicyclic) bond motifs is 3. The van der Waals surface area contributed by atoms with E-state index < -0.39 is 0 Å². The van der Waals surface area contributed by atoms with Gasteiger partial charge in [0.05, 0.1) is 23.6 Å². The van der Waals surface area contributed by atoms with Crippen molar-refractivity contribution < 1.29 is 4.79 Å². The van der Waals surface area contributed by atoms with Gasteiger partial charge in [-0.3, -0.25) is 18.8 Å². The Morgan fingerprint density at radius 1 is 1.41 bits per heavy atom. The highest BCUT2D eigenvalue weighted by Crippen LogP contribution is 2.33. The number of aromatic nitrogens is 4. The fourth-order valence-electron chi connectivity index (χ4n) is 3.40. The first-order valence-electron chi connectivity index (χ1n) is 8.85. The van der Waals surface area contributed by atoms with Gasteiger partial charge < -0.3 is 0 Å². The van der Waals surface area contributed by atoms with E-state index in [0.717, 1.165) is 47.3 Å². The van der Waals surface area contributed by atoms with E-state index in [1.807, 2.05) is 20.2 Å². The molecule has 0 saturated heterocycles. The van der Waals surface area contributed by atoms with Gasteiger partial charge in [0, 0.05) is 23.7 Å². The molecule has 4 rings (SSSR count). The third-order valence-electron chi connectivity index (χ3n) is 4.70. The van der Waals surface area contributed by atoms with Gasteiger partial charge in [-0.1, -0.05) is 0 Å². The van der Waals surface area contributed by atoms with Gasteiger partial charge in [0.25, 0.3) is 11.5 Å². The predicted molar refractivity (Wildman–Crippen MR) is 104 cm³/mol. The maximum atomic E-state index is 12.8. The number of carbonyl (C=O) groups excluding carboxylic acids is 1. The molecule has 0 saturated carbocycles. The molecule has 8 nitrogen and oxygen atoms in total. The molecule has 1 aliphatic carbocycles. The van der Waals surface area contributed by atoms with E-state index in [1.54, 1.807) is 22.2 Å². The summed E-state index contributed by atoms with van der Waals surface area (Å²) in [5.74, 6) is -0.375. The Bertz CT molecular complexity index is 1110. The molecular formula is C18H20N6O2S. The average Bonchev–Trinajstić information content (AvgIpc) is 3.17. The van der Waals surface area contributed by atoms with Gasteiger partial charge in [0.1, 0.15) is 11.4 Å². The van der Waals surface area contributed by atoms with Crippen LogP contribution in [0.1, 0.15) is 34.5 Å². The van der Waals surface area contributed by atoms with E-state index in [4.69, 9.17) is 0 Å². The highest BCUT2D eigenvalue weighted by Gasteiger charge is 2.20. The Hall–Kier alpha value is -2.81. The molecule has 3 aromatic rings. The lowest BCUT2D eigenvalue weighted by molar-refractivity contribution is -0.121. The van der Waals surface area contributed by atoms with Crippen LogP contribution in [-0.2, 0) is 31.2 Å². The minimum absolute atomic E-state index is 0.115. The number of rotatable bonds is 4. The van der Waals surface area contributed by atoms with E-state index in [0.29, 0.717) is 5.39 Å². The Morgan fingerprint density at radius 3 is 3.00 bits per heavy atom. The number of amides is 1. The molecule has 1 N–H and O–H groups in total. The van der Waals surface area contributed by atoms with Crippen molar-refractivity contribution in [1.82, 2.24) is 24.8 Å². The van der Waals surface area contributed by atoms with Crippen molar-refractivity contribution in [2.24, 2.45) is 12.1 Å². The molecule has 140 valence electrons. The van der Waals surface area contributed by atoms with E-state index in [9.17, 15) is 9.59 Å². The van der Waals surface area contributed by atoms with Gasteiger partial charge in [0.15, 0.2) is 0 Å². The molecule has 3 heterocycles. The van der Waals surface area contributed by atoms with Crippen LogP contribution in [0.15, 0.2) is 22.4 Å². The first-order valence-corrected chi connectivity index (χ1v) is 9.66. The minimum atomic E-state index is -0.375. The molecular weight excluding hydrogens is 364 g/mol. The quantitative estimate of drug-likeness (QED) is 0.545. The zero-order chi connectivity index (χ0) is 19.0. The normalized spacial score (nSPS) is 14.0. The van der Waals surface area contributed by atoms with Crippen molar-refractivity contribution in [3.8, 4) is 0 Å². The third kappa shape index (κ3) is 3.42. The summed E-state index contributed by atoms with van der Waals surface area (Å²) >= 11 is 1.60. The lowest BCUT2D eigenvalue weighted by Crippen LogP contribution is -2.30. The van der Waals surface area contributed by atoms with Crippen molar-refractivity contribution in [3.63, 3.8) is 0 Å². The summed E-state index contributed by atoms with van der Waals surface area (Å²) in [5, 5.41) is 8.84. The Balaban J connectivity index is 1.51. The van der Waals surface area contributed by atoms with Crippen LogP contribution in [0.25, 0.3) is 10.2 Å². The van der Waals surface area contributed by atoms with Crippen molar-refractivity contribution in [3.05, 3.63) is 44.6 Å². The van der Waals surface area contributed by atoms with Crippen molar-refractivity contribution in [2.75, 3.05) is 0 Å². The summed E-state index contributed by atoms with van der Waals surface area (Å²) in [6.45, 7) is 1.75. The van der Waals surface area contributed by atoms with Gasteiger partial charge in [-0.25, -0.2) is 10.4 Å². The number of hydrogen-bond donors (Lipinski definition) is 1. The molecule has 0 bridgehead atoms. The fraction of sp³-hybridized carbons (Fsp3) is 0.389. The van der Waals surface area contributed by atoms with E-state index in [2.05, 4.69) is 20.6 Å². The topological polar surface area (TPSA) is 94.2 Å². The first kappa shape index (κ1) is 17.6. The Labute approximate surface area is 159 Å². The molecule has 0 unspecified atom stereocenters. The van der Waals surface area contributed by atoms with Crippen LogP contribution in [0.5, 0.6) is 0 Å². The van der Waals surface area contributed by atoms with Gasteiger partial charge in [-0.2, -0.15) is 10.2 Å². The van der Waals surface area contributed by atoms with Crippen LogP contribution in [0.3, 0.4) is 0 Å². The number of nitrogens with zero attached hydrogens (tertiary/aromatic N) is 5. The molecule has 0 atom stereocenters. The summed E-state index contributed by atoms with van der Waals surface area (Å²) in [4.78, 5) is 31.4. The van der Waals surface area contributed by atoms with E-state index in [1.165, 1.54) is 15.8 Å². The van der Waals surface area contributed by atoms with Crippen molar-refractivity contribution in [2.45, 2.75) is 39.2 Å². The summed E-state index contributed by atoms with van der Waals surface area (Å²) in [7, 11) is 1.82. The van der Waals surface area contributed by atoms with Gasteiger partial charge in [-0.05, 0) is 38.2 Å². The van der Waals surface area contributed by atoms with Crippen molar-refractivity contribution >= 4 is 33.7 Å². The maximum absolute atomic E-state index is 12.8. The zero-order valence-electron chi connectivity index (χ0n) is 15.2. The van der Waals surface area contributed by atoms with Gasteiger partial charge in [0.2, 0.25) is 0 Å². The van der Waals surface area contributed by atoms with Gasteiger partial charge in [-0.15, -0.1) is 11.3 Å². The van der Waals surface area contributed by atoms with Crippen molar-refractivity contribution in [1.29, 1.82) is 0 Å². The Kier molecular flexibility index (Phi) is 4.61. The highest BCUT2D eigenvalue weighted by atomic mass is 32.1. The van der Waals surface area contributed by atoms with Crippen LogP contribution in [0, 0.1) is 6.92 Å². The number of aryl methyl sites for hydroxylation is 4. The van der Waals surface area contributed by atoms with E-state index >= 15 is 0 Å². The van der Waals surface area contributed by atoms with Gasteiger partial charge >= 0.3 is 0 Å². The summed E-state index contributed by atoms with van der Waals surface area (Å²) in [6, 6.07) is 0. The molecule has 1 aliphatic rings. The molecule has 9 heteroatoms. The molecule has 27 heavy (non-hydrogen) atoms. The number of hydrogen-bond acceptors (Lipinski definition) is 6. The van der Waals surface area contributed by atoms with E-state index in [-0.39, 0.29) is 18.0 Å². The predicted octanol–water partition coefficient (Wildman–Crippen LogP) is 1.53. The molecule has 0 fully saturated rings. The second-order valence-electron chi connectivity index (χ2n) is 6.71. The van der Waals surface area contributed by atoms with Crippen LogP contribution in [-0.4, -0.2) is 31.5 Å². The summed E-state index contributed by atoms with van der Waals surface area (Å²) < 4.78 is 3.03. The third-order valence-corrected chi connectivity index (χ3v) is 5.90. The highest BCUT2D eigenvalue weighted by molar-refractivity contribution is 7.18. The van der Waals surface area contributed by atoms with Crippen LogP contribution in [0.4, 0.5) is 0 Å². The summed E-state index contributed by atoms with van der Waals surface area (Å²) in [6.07, 6.45) is 8.98. The number of carbonyl (C=O) groups is 1. The summed E-state index contributed by atoms with van der Waals surface area (Å²) in [5.41, 5.74) is 5.07. The number of hydrazone groups is 1. The fourth-order valence-corrected chi connectivity index (χ4v) is 4.62. The molecule has 3 aromatic heterocycles. The number of thiophene rings is 1. The molecule has 0 spiro atoms. The SMILES string of the molecule is Cc1nn(C)cc1/C=N\NC(=O)Cn1cnc2sc3c(c2c1=O)CCCC3. The average molecular weight is 384 g/mol. The van der Waals surface area contributed by atoms with Crippen LogP contribution < -0.4 is 11.0 Å². The number of nitrogens with one attached hydrogen (secondary N) is 1. The monoisotopic (exact) mass is 384 g/mol. The second-order valence-corrected chi connectivity index (χ2v) is 7.79. The Morgan fingerprint density at radius 2 is 2.22 bits per heavy atom. The van der Waals surface area contributed by atoms with Crippen LogP contribution >= 0.6 is 11.3 Å². The first-order chi connectivity index (χ1) is 13.0. The second kappa shape index (κ2) is 7.07. The largest absolute Gasteiger partial charge is 0.289 e. The molecule has 0 aliphatic heterocycles. The molecule has 0 radical (unpaired) electrons. The molecule has 1 amide bonds. The smallest absolute Gasteiger partial charge is 0.262 e.